The molecule has 0 aliphatic rings. The topological polar surface area (TPSA) is 97.6 Å². The van der Waals surface area contributed by atoms with Crippen molar-refractivity contribution in [2.24, 2.45) is 0 Å². The minimum Gasteiger partial charge on any atom is -0.487 e. The molecule has 0 aliphatic carbocycles. The zero-order chi connectivity index (χ0) is 24.2. The monoisotopic (exact) mass is 542 g/mol. The fraction of sp³-hybridized carbons (Fsp3) is 0.227. The molecule has 1 heterocycles. The highest BCUT2D eigenvalue weighted by atomic mass is 79.9. The Labute approximate surface area is 197 Å². The summed E-state index contributed by atoms with van der Waals surface area (Å²) in [5, 5.41) is 8.79. The van der Waals surface area contributed by atoms with Crippen molar-refractivity contribution < 1.29 is 27.0 Å². The summed E-state index contributed by atoms with van der Waals surface area (Å²) in [5.74, 6) is -1.22. The van der Waals surface area contributed by atoms with Gasteiger partial charge >= 0.3 is 0 Å². The van der Waals surface area contributed by atoms with E-state index >= 15 is 0 Å². The number of aliphatic hydroxyl groups excluding tert-OH is 1. The van der Waals surface area contributed by atoms with Gasteiger partial charge in [-0.25, -0.2) is 21.9 Å². The summed E-state index contributed by atoms with van der Waals surface area (Å²) in [4.78, 5) is 12.9. The number of rotatable bonds is 9. The lowest BCUT2D eigenvalue weighted by atomic mass is 10.2. The Kier molecular flexibility index (Phi) is 8.01. The highest BCUT2D eigenvalue weighted by Gasteiger charge is 2.15. The van der Waals surface area contributed by atoms with Gasteiger partial charge in [-0.15, -0.1) is 0 Å². The van der Waals surface area contributed by atoms with Crippen LogP contribution < -0.4 is 15.0 Å². The molecule has 11 heteroatoms. The van der Waals surface area contributed by atoms with Gasteiger partial charge < -0.3 is 14.4 Å². The molecule has 0 unspecified atom stereocenters. The first kappa shape index (κ1) is 25.0. The van der Waals surface area contributed by atoms with Crippen LogP contribution in [0.25, 0.3) is 0 Å². The van der Waals surface area contributed by atoms with E-state index in [1.54, 1.807) is 25.1 Å². The normalized spacial score (nSPS) is 11.5. The van der Waals surface area contributed by atoms with E-state index < -0.39 is 21.7 Å². The zero-order valence-electron chi connectivity index (χ0n) is 17.5. The number of hydrogen-bond acceptors (Lipinski definition) is 5. The van der Waals surface area contributed by atoms with Gasteiger partial charge in [0.2, 0.25) is 10.0 Å². The summed E-state index contributed by atoms with van der Waals surface area (Å²) in [6, 6.07) is 10.8. The molecule has 7 nitrogen and oxygen atoms in total. The van der Waals surface area contributed by atoms with Gasteiger partial charge in [-0.3, -0.25) is 4.79 Å². The second-order valence-electron chi connectivity index (χ2n) is 7.14. The SMILES string of the molecule is Cc1cc(OCc2ccc(F)cc2F)c(Br)c(=O)n1Cc1ccc(S(=O)(=O)NCCO)cc1. The number of ether oxygens (including phenoxy) is 1. The van der Waals surface area contributed by atoms with Crippen LogP contribution >= 0.6 is 15.9 Å². The van der Waals surface area contributed by atoms with Gasteiger partial charge in [0.25, 0.3) is 5.56 Å². The van der Waals surface area contributed by atoms with Crippen LogP contribution in [-0.4, -0.2) is 31.2 Å². The molecule has 0 saturated carbocycles. The standard InChI is InChI=1S/C22H21BrF2N2O5S/c1-14-10-20(32-13-16-4-5-17(24)11-19(16)25)21(23)22(29)27(14)12-15-2-6-18(7-3-15)33(30,31)26-8-9-28/h2-7,10-11,26,28H,8-9,12-13H2,1H3. The first-order chi connectivity index (χ1) is 15.6. The molecule has 0 radical (unpaired) electrons. The van der Waals surface area contributed by atoms with Gasteiger partial charge in [-0.2, -0.15) is 0 Å². The van der Waals surface area contributed by atoms with E-state index in [1.807, 2.05) is 0 Å². The summed E-state index contributed by atoms with van der Waals surface area (Å²) in [6.45, 7) is 1.30. The molecule has 0 bridgehead atoms. The lowest BCUT2D eigenvalue weighted by Gasteiger charge is -2.15. The smallest absolute Gasteiger partial charge is 0.269 e. The molecule has 0 spiro atoms. The van der Waals surface area contributed by atoms with E-state index in [0.29, 0.717) is 11.3 Å². The number of nitrogens with one attached hydrogen (secondary N) is 1. The van der Waals surface area contributed by atoms with Crippen LogP contribution in [0.3, 0.4) is 0 Å². The predicted octanol–water partition coefficient (Wildman–Crippen LogP) is 3.10. The summed E-state index contributed by atoms with van der Waals surface area (Å²) < 4.78 is 60.6. The van der Waals surface area contributed by atoms with Gasteiger partial charge in [0, 0.05) is 29.9 Å². The first-order valence-electron chi connectivity index (χ1n) is 9.78. The summed E-state index contributed by atoms with van der Waals surface area (Å²) in [7, 11) is -3.73. The van der Waals surface area contributed by atoms with Crippen LogP contribution in [-0.2, 0) is 23.2 Å². The minimum absolute atomic E-state index is 0.0433. The quantitative estimate of drug-likeness (QED) is 0.433. The predicted molar refractivity (Wildman–Crippen MR) is 122 cm³/mol. The molecule has 2 N–H and O–H groups in total. The fourth-order valence-electron chi connectivity index (χ4n) is 3.03. The Balaban J connectivity index is 1.78. The fourth-order valence-corrected chi connectivity index (χ4v) is 4.49. The Morgan fingerprint density at radius 2 is 1.82 bits per heavy atom. The van der Waals surface area contributed by atoms with E-state index in [2.05, 4.69) is 20.7 Å². The maximum absolute atomic E-state index is 13.8. The summed E-state index contributed by atoms with van der Waals surface area (Å²) in [5.41, 5.74) is 1.02. The molecule has 0 amide bonds. The minimum atomic E-state index is -3.73. The summed E-state index contributed by atoms with van der Waals surface area (Å²) >= 11 is 3.22. The Hall–Kier alpha value is -2.60. The third kappa shape index (κ3) is 6.05. The third-order valence-corrected chi connectivity index (χ3v) is 7.00. The number of hydrogen-bond donors (Lipinski definition) is 2. The van der Waals surface area contributed by atoms with Crippen molar-refractivity contribution in [3.05, 3.63) is 91.8 Å². The second-order valence-corrected chi connectivity index (χ2v) is 9.70. The van der Waals surface area contributed by atoms with Gasteiger partial charge in [0.1, 0.15) is 28.5 Å². The number of pyridine rings is 1. The largest absolute Gasteiger partial charge is 0.487 e. The number of aryl methyl sites for hydroxylation is 1. The molecular weight excluding hydrogens is 522 g/mol. The maximum Gasteiger partial charge on any atom is 0.269 e. The molecule has 3 rings (SSSR count). The average molecular weight is 543 g/mol. The zero-order valence-corrected chi connectivity index (χ0v) is 19.9. The van der Waals surface area contributed by atoms with Crippen LogP contribution in [0.1, 0.15) is 16.8 Å². The Morgan fingerprint density at radius 3 is 2.45 bits per heavy atom. The Bertz CT molecular complexity index is 1310. The van der Waals surface area contributed by atoms with Crippen molar-refractivity contribution in [3.8, 4) is 5.75 Å². The average Bonchev–Trinajstić information content (AvgIpc) is 2.78. The highest BCUT2D eigenvalue weighted by Crippen LogP contribution is 2.24. The van der Waals surface area contributed by atoms with Crippen LogP contribution in [0, 0.1) is 18.6 Å². The van der Waals surface area contributed by atoms with Crippen molar-refractivity contribution in [1.82, 2.24) is 9.29 Å². The first-order valence-corrected chi connectivity index (χ1v) is 12.1. The number of benzene rings is 2. The number of aromatic nitrogens is 1. The van der Waals surface area contributed by atoms with Crippen molar-refractivity contribution in [3.63, 3.8) is 0 Å². The van der Waals surface area contributed by atoms with Crippen molar-refractivity contribution in [1.29, 1.82) is 0 Å². The third-order valence-electron chi connectivity index (χ3n) is 4.79. The van der Waals surface area contributed by atoms with Gasteiger partial charge in [-0.05, 0) is 52.7 Å². The molecule has 0 saturated heterocycles. The van der Waals surface area contributed by atoms with Crippen molar-refractivity contribution in [2.75, 3.05) is 13.2 Å². The van der Waals surface area contributed by atoms with Crippen molar-refractivity contribution >= 4 is 26.0 Å². The van der Waals surface area contributed by atoms with E-state index in [0.717, 1.165) is 12.1 Å². The number of aliphatic hydroxyl groups is 1. The molecule has 0 aliphatic heterocycles. The summed E-state index contributed by atoms with van der Waals surface area (Å²) in [6.07, 6.45) is 0. The van der Waals surface area contributed by atoms with Crippen molar-refractivity contribution in [2.45, 2.75) is 25.0 Å². The number of halogens is 3. The molecular formula is C22H21BrF2N2O5S. The van der Waals surface area contributed by atoms with Crippen LogP contribution in [0.15, 0.2) is 62.7 Å². The van der Waals surface area contributed by atoms with Gasteiger partial charge in [0.15, 0.2) is 0 Å². The Morgan fingerprint density at radius 1 is 1.12 bits per heavy atom. The van der Waals surface area contributed by atoms with Crippen LogP contribution in [0.4, 0.5) is 8.78 Å². The lowest BCUT2D eigenvalue weighted by molar-refractivity contribution is 0.295. The van der Waals surface area contributed by atoms with Gasteiger partial charge in [-0.1, -0.05) is 12.1 Å². The van der Waals surface area contributed by atoms with E-state index in [1.165, 1.54) is 22.8 Å². The molecule has 33 heavy (non-hydrogen) atoms. The van der Waals surface area contributed by atoms with Gasteiger partial charge in [0.05, 0.1) is 18.0 Å². The maximum atomic E-state index is 13.8. The molecule has 2 aromatic carbocycles. The molecule has 3 aromatic rings. The molecule has 0 atom stereocenters. The number of sulfonamides is 1. The molecule has 176 valence electrons. The van der Waals surface area contributed by atoms with Crippen LogP contribution in [0.2, 0.25) is 0 Å². The van der Waals surface area contributed by atoms with Crippen LogP contribution in [0.5, 0.6) is 5.75 Å². The van der Waals surface area contributed by atoms with E-state index in [9.17, 15) is 22.0 Å². The highest BCUT2D eigenvalue weighted by molar-refractivity contribution is 9.10. The molecule has 0 fully saturated rings. The van der Waals surface area contributed by atoms with E-state index in [-0.39, 0.29) is 52.5 Å². The second kappa shape index (κ2) is 10.6. The van der Waals surface area contributed by atoms with E-state index in [4.69, 9.17) is 9.84 Å². The number of nitrogens with zero attached hydrogens (tertiary/aromatic N) is 1. The molecule has 1 aromatic heterocycles. The lowest BCUT2D eigenvalue weighted by Crippen LogP contribution is -2.26.